The Hall–Kier alpha value is -1.59. The van der Waals surface area contributed by atoms with E-state index in [1.54, 1.807) is 11.8 Å². The van der Waals surface area contributed by atoms with Gasteiger partial charge in [-0.3, -0.25) is 9.59 Å². The third-order valence-electron chi connectivity index (χ3n) is 4.76. The minimum atomic E-state index is -0.345. The van der Waals surface area contributed by atoms with Gasteiger partial charge in [-0.25, -0.2) is 0 Å². The van der Waals surface area contributed by atoms with Crippen LogP contribution in [0.25, 0.3) is 0 Å². The topological polar surface area (TPSA) is 61.4 Å². The summed E-state index contributed by atoms with van der Waals surface area (Å²) in [7, 11) is 0. The predicted molar refractivity (Wildman–Crippen MR) is 94.3 cm³/mol. The Labute approximate surface area is 143 Å². The highest BCUT2D eigenvalue weighted by molar-refractivity contribution is 5.97. The van der Waals surface area contributed by atoms with Gasteiger partial charge in [0.15, 0.2) is 0 Å². The van der Waals surface area contributed by atoms with Crippen LogP contribution in [0, 0.1) is 5.41 Å². The molecule has 6 heteroatoms. The highest BCUT2D eigenvalue weighted by Crippen LogP contribution is 2.32. The molecule has 5 nitrogen and oxygen atoms in total. The Morgan fingerprint density at radius 2 is 2.13 bits per heavy atom. The van der Waals surface area contributed by atoms with Crippen molar-refractivity contribution < 1.29 is 9.59 Å². The van der Waals surface area contributed by atoms with E-state index in [0.717, 1.165) is 55.8 Å². The van der Waals surface area contributed by atoms with Crippen molar-refractivity contribution in [3.05, 3.63) is 23.8 Å². The number of hydrogen-bond donors (Lipinski definition) is 2. The minimum Gasteiger partial charge on any atom is -0.326 e. The highest BCUT2D eigenvalue weighted by Gasteiger charge is 2.34. The molecule has 1 fully saturated rings. The Kier molecular flexibility index (Phi) is 5.32. The van der Waals surface area contributed by atoms with Crippen LogP contribution in [-0.2, 0) is 16.0 Å². The maximum absolute atomic E-state index is 12.5. The fourth-order valence-electron chi connectivity index (χ4n) is 3.34. The molecule has 23 heavy (non-hydrogen) atoms. The third-order valence-corrected chi connectivity index (χ3v) is 4.76. The number of nitrogens with one attached hydrogen (secondary N) is 2. The molecule has 0 spiro atoms. The average Bonchev–Trinajstić information content (AvgIpc) is 2.91. The Morgan fingerprint density at radius 3 is 2.78 bits per heavy atom. The first-order chi connectivity index (χ1) is 10.5. The molecule has 0 saturated carbocycles. The van der Waals surface area contributed by atoms with E-state index in [0.29, 0.717) is 0 Å². The molecule has 3 rings (SSSR count). The quantitative estimate of drug-likeness (QED) is 0.870. The molecular weight excluding hydrogens is 314 g/mol. The number of rotatable bonds is 2. The zero-order chi connectivity index (χ0) is 15.7. The molecule has 2 aliphatic heterocycles. The highest BCUT2D eigenvalue weighted by atomic mass is 35.5. The van der Waals surface area contributed by atoms with Crippen LogP contribution in [0.3, 0.4) is 0 Å². The lowest BCUT2D eigenvalue weighted by Crippen LogP contribution is -2.46. The number of piperidine rings is 1. The van der Waals surface area contributed by atoms with E-state index < -0.39 is 0 Å². The molecule has 0 aromatic heterocycles. The van der Waals surface area contributed by atoms with E-state index in [2.05, 4.69) is 10.6 Å². The number of anilines is 2. The van der Waals surface area contributed by atoms with E-state index >= 15 is 0 Å². The zero-order valence-corrected chi connectivity index (χ0v) is 14.5. The number of carbonyl (C=O) groups is 2. The normalized spacial score (nSPS) is 23.0. The molecule has 0 aliphatic carbocycles. The molecule has 1 unspecified atom stereocenters. The fourth-order valence-corrected chi connectivity index (χ4v) is 3.34. The second-order valence-corrected chi connectivity index (χ2v) is 6.56. The van der Waals surface area contributed by atoms with E-state index in [4.69, 9.17) is 0 Å². The molecule has 2 heterocycles. The third kappa shape index (κ3) is 3.51. The van der Waals surface area contributed by atoms with Gasteiger partial charge in [0.2, 0.25) is 11.8 Å². The molecule has 0 radical (unpaired) electrons. The lowest BCUT2D eigenvalue weighted by Gasteiger charge is -2.32. The van der Waals surface area contributed by atoms with E-state index in [9.17, 15) is 9.59 Å². The van der Waals surface area contributed by atoms with Crippen LogP contribution in [0.15, 0.2) is 18.2 Å². The van der Waals surface area contributed by atoms with Gasteiger partial charge >= 0.3 is 0 Å². The van der Waals surface area contributed by atoms with Gasteiger partial charge in [0.05, 0.1) is 5.41 Å². The number of carbonyl (C=O) groups excluding carboxylic acids is 2. The Morgan fingerprint density at radius 1 is 1.35 bits per heavy atom. The summed E-state index contributed by atoms with van der Waals surface area (Å²) < 4.78 is 0. The molecule has 0 bridgehead atoms. The van der Waals surface area contributed by atoms with Gasteiger partial charge in [0.1, 0.15) is 0 Å². The number of benzene rings is 1. The summed E-state index contributed by atoms with van der Waals surface area (Å²) in [5, 5.41) is 6.34. The van der Waals surface area contributed by atoms with Gasteiger partial charge in [0.25, 0.3) is 0 Å². The van der Waals surface area contributed by atoms with Crippen molar-refractivity contribution in [2.75, 3.05) is 29.9 Å². The van der Waals surface area contributed by atoms with Crippen molar-refractivity contribution in [3.8, 4) is 0 Å². The molecule has 1 aromatic rings. The van der Waals surface area contributed by atoms with Gasteiger partial charge in [-0.05, 0) is 56.5 Å². The van der Waals surface area contributed by atoms with Gasteiger partial charge in [-0.1, -0.05) is 0 Å². The van der Waals surface area contributed by atoms with Gasteiger partial charge in [-0.15, -0.1) is 12.4 Å². The lowest BCUT2D eigenvalue weighted by atomic mass is 9.82. The summed E-state index contributed by atoms with van der Waals surface area (Å²) in [5.41, 5.74) is 2.57. The number of amides is 2. The minimum absolute atomic E-state index is 0. The molecule has 1 saturated heterocycles. The summed E-state index contributed by atoms with van der Waals surface area (Å²) in [5.74, 6) is 0.136. The van der Waals surface area contributed by atoms with Crippen molar-refractivity contribution in [3.63, 3.8) is 0 Å². The largest absolute Gasteiger partial charge is 0.326 e. The fraction of sp³-hybridized carbons (Fsp3) is 0.529. The van der Waals surface area contributed by atoms with Crippen LogP contribution < -0.4 is 15.5 Å². The summed E-state index contributed by atoms with van der Waals surface area (Å²) in [4.78, 5) is 25.9. The monoisotopic (exact) mass is 337 g/mol. The Bertz CT molecular complexity index is 612. The summed E-state index contributed by atoms with van der Waals surface area (Å²) in [6, 6.07) is 5.81. The SMILES string of the molecule is CC(=O)N1CCc2cc(NC(=O)C3(C)CCCNC3)ccc21.Cl. The number of nitrogens with zero attached hydrogens (tertiary/aromatic N) is 1. The first-order valence-corrected chi connectivity index (χ1v) is 7.93. The average molecular weight is 338 g/mol. The molecule has 1 atom stereocenters. The van der Waals surface area contributed by atoms with Crippen molar-refractivity contribution in [2.45, 2.75) is 33.1 Å². The molecular formula is C17H24ClN3O2. The van der Waals surface area contributed by atoms with E-state index in [-0.39, 0.29) is 29.6 Å². The molecule has 2 N–H and O–H groups in total. The summed E-state index contributed by atoms with van der Waals surface area (Å²) in [6.45, 7) is 6.04. The van der Waals surface area contributed by atoms with Crippen LogP contribution in [0.2, 0.25) is 0 Å². The van der Waals surface area contributed by atoms with Crippen molar-refractivity contribution in [1.82, 2.24) is 5.32 Å². The van der Waals surface area contributed by atoms with Crippen LogP contribution in [0.4, 0.5) is 11.4 Å². The summed E-state index contributed by atoms with van der Waals surface area (Å²) >= 11 is 0. The smallest absolute Gasteiger partial charge is 0.231 e. The van der Waals surface area contributed by atoms with Crippen LogP contribution >= 0.6 is 12.4 Å². The predicted octanol–water partition coefficient (Wildman–Crippen LogP) is 2.35. The first kappa shape index (κ1) is 17.8. The van der Waals surface area contributed by atoms with Crippen LogP contribution in [0.5, 0.6) is 0 Å². The maximum atomic E-state index is 12.5. The van der Waals surface area contributed by atoms with Crippen molar-refractivity contribution >= 4 is 35.6 Å². The zero-order valence-electron chi connectivity index (χ0n) is 13.6. The standard InChI is InChI=1S/C17H23N3O2.ClH/c1-12(21)20-9-6-13-10-14(4-5-15(13)20)19-16(22)17(2)7-3-8-18-11-17;/h4-5,10,18H,3,6-9,11H2,1-2H3,(H,19,22);1H. The van der Waals surface area contributed by atoms with Crippen LogP contribution in [0.1, 0.15) is 32.3 Å². The molecule has 126 valence electrons. The van der Waals surface area contributed by atoms with Gasteiger partial charge < -0.3 is 15.5 Å². The second-order valence-electron chi connectivity index (χ2n) is 6.56. The van der Waals surface area contributed by atoms with Gasteiger partial charge in [0, 0.05) is 31.4 Å². The van der Waals surface area contributed by atoms with Gasteiger partial charge in [-0.2, -0.15) is 0 Å². The second kappa shape index (κ2) is 6.89. The van der Waals surface area contributed by atoms with Crippen molar-refractivity contribution in [2.24, 2.45) is 5.41 Å². The molecule has 1 aromatic carbocycles. The molecule has 2 amide bonds. The van der Waals surface area contributed by atoms with Crippen molar-refractivity contribution in [1.29, 1.82) is 0 Å². The number of halogens is 1. The lowest BCUT2D eigenvalue weighted by molar-refractivity contribution is -0.125. The van der Waals surface area contributed by atoms with E-state index in [1.807, 2.05) is 25.1 Å². The Balaban J connectivity index is 0.00000192. The van der Waals surface area contributed by atoms with Crippen LogP contribution in [-0.4, -0.2) is 31.4 Å². The van der Waals surface area contributed by atoms with E-state index in [1.165, 1.54) is 0 Å². The number of fused-ring (bicyclic) bond motifs is 1. The summed E-state index contributed by atoms with van der Waals surface area (Å²) in [6.07, 6.45) is 2.79. The first-order valence-electron chi connectivity index (χ1n) is 7.93. The maximum Gasteiger partial charge on any atom is 0.231 e. The number of hydrogen-bond acceptors (Lipinski definition) is 3. The molecule has 2 aliphatic rings.